The molecule has 0 saturated carbocycles. The molecule has 1 aliphatic heterocycles. The van der Waals surface area contributed by atoms with Crippen LogP contribution in [0.2, 0.25) is 0 Å². The molecule has 0 aromatic heterocycles. The van der Waals surface area contributed by atoms with Crippen LogP contribution >= 0.6 is 0 Å². The van der Waals surface area contributed by atoms with Gasteiger partial charge in [-0.1, -0.05) is 6.08 Å². The molecule has 126 valence electrons. The molecular weight excluding hydrogens is 313 g/mol. The smallest absolute Gasteiger partial charge is 0.400 e. The van der Waals surface area contributed by atoms with E-state index in [0.717, 1.165) is 6.08 Å². The zero-order valence-corrected chi connectivity index (χ0v) is 13.3. The number of nitrogens with two attached hydrogens (primary N) is 1. The second-order valence-electron chi connectivity index (χ2n) is 6.39. The topological polar surface area (TPSA) is 44.5 Å². The van der Waals surface area contributed by atoms with Crippen molar-refractivity contribution in [2.24, 2.45) is 5.73 Å². The molecule has 0 bridgehead atoms. The monoisotopic (exact) mass is 331 g/mol. The van der Waals surface area contributed by atoms with Gasteiger partial charge in [-0.3, -0.25) is 0 Å². The fourth-order valence-corrected chi connectivity index (χ4v) is 2.12. The Kier molecular flexibility index (Phi) is 4.63. The highest BCUT2D eigenvalue weighted by atomic mass is 19.2. The normalized spacial score (nSPS) is 20.2. The predicted octanol–water partition coefficient (Wildman–Crippen LogP) is 3.22. The maximum atomic E-state index is 13.8. The Balaban J connectivity index is 2.46. The van der Waals surface area contributed by atoms with E-state index in [1.807, 2.05) is 0 Å². The number of benzene rings is 1. The number of rotatable bonds is 3. The molecule has 1 aliphatic rings. The number of halogens is 4. The summed E-state index contributed by atoms with van der Waals surface area (Å²) in [6, 6.07) is 0.152. The first kappa shape index (κ1) is 18.0. The molecule has 0 aliphatic carbocycles. The maximum Gasteiger partial charge on any atom is 0.491 e. The molecule has 1 saturated heterocycles. The summed E-state index contributed by atoms with van der Waals surface area (Å²) in [4.78, 5) is 0. The molecule has 1 aromatic carbocycles. The largest absolute Gasteiger partial charge is 0.491 e. The first-order valence-electron chi connectivity index (χ1n) is 7.09. The van der Waals surface area contributed by atoms with E-state index >= 15 is 0 Å². The van der Waals surface area contributed by atoms with Crippen molar-refractivity contribution in [3.63, 3.8) is 0 Å². The van der Waals surface area contributed by atoms with E-state index in [9.17, 15) is 17.6 Å². The van der Waals surface area contributed by atoms with Crippen LogP contribution in [0.25, 0.3) is 6.08 Å². The van der Waals surface area contributed by atoms with Gasteiger partial charge in [0.05, 0.1) is 16.8 Å². The van der Waals surface area contributed by atoms with Crippen LogP contribution in [0.15, 0.2) is 11.5 Å². The minimum absolute atomic E-state index is 0.152. The van der Waals surface area contributed by atoms with E-state index < -0.39 is 47.2 Å². The molecule has 1 aromatic rings. The van der Waals surface area contributed by atoms with Gasteiger partial charge in [0.15, 0.2) is 23.3 Å². The minimum atomic E-state index is -1.49. The standard InChI is InChI=1S/C15H18BF4NO2/c1-14(2)15(3,4)23-16(22-14)8(7-21)5-9-12(19)10(17)6-11(18)13(9)20/h5-6H,7,21H2,1-4H3. The van der Waals surface area contributed by atoms with Gasteiger partial charge in [-0.05, 0) is 33.2 Å². The van der Waals surface area contributed by atoms with Gasteiger partial charge >= 0.3 is 7.12 Å². The Hall–Kier alpha value is -1.38. The summed E-state index contributed by atoms with van der Waals surface area (Å²) < 4.78 is 65.6. The summed E-state index contributed by atoms with van der Waals surface area (Å²) in [6.07, 6.45) is 0.930. The summed E-state index contributed by atoms with van der Waals surface area (Å²) in [5.74, 6) is -5.96. The van der Waals surface area contributed by atoms with E-state index in [0.29, 0.717) is 0 Å². The molecule has 8 heteroatoms. The third-order valence-electron chi connectivity index (χ3n) is 4.27. The van der Waals surface area contributed by atoms with Gasteiger partial charge in [0.25, 0.3) is 0 Å². The van der Waals surface area contributed by atoms with Crippen LogP contribution in [0.1, 0.15) is 33.3 Å². The van der Waals surface area contributed by atoms with Crippen molar-refractivity contribution < 1.29 is 26.9 Å². The van der Waals surface area contributed by atoms with Crippen LogP contribution in [-0.4, -0.2) is 24.9 Å². The third-order valence-corrected chi connectivity index (χ3v) is 4.27. The van der Waals surface area contributed by atoms with Crippen LogP contribution in [-0.2, 0) is 9.31 Å². The highest BCUT2D eigenvalue weighted by molar-refractivity contribution is 6.55. The summed E-state index contributed by atoms with van der Waals surface area (Å²) in [5.41, 5.74) is 3.55. The molecule has 1 fully saturated rings. The van der Waals surface area contributed by atoms with E-state index in [2.05, 4.69) is 0 Å². The zero-order valence-electron chi connectivity index (χ0n) is 13.3. The van der Waals surface area contributed by atoms with Crippen molar-refractivity contribution in [3.8, 4) is 0 Å². The lowest BCUT2D eigenvalue weighted by Crippen LogP contribution is -2.41. The van der Waals surface area contributed by atoms with Crippen molar-refractivity contribution in [3.05, 3.63) is 40.4 Å². The van der Waals surface area contributed by atoms with Crippen LogP contribution in [0.5, 0.6) is 0 Å². The summed E-state index contributed by atoms with van der Waals surface area (Å²) in [6.45, 7) is 7.02. The van der Waals surface area contributed by atoms with Gasteiger partial charge in [-0.15, -0.1) is 0 Å². The van der Waals surface area contributed by atoms with Crippen molar-refractivity contribution in [1.29, 1.82) is 0 Å². The van der Waals surface area contributed by atoms with Gasteiger partial charge in [0, 0.05) is 12.6 Å². The highest BCUT2D eigenvalue weighted by Crippen LogP contribution is 2.38. The lowest BCUT2D eigenvalue weighted by Gasteiger charge is -2.32. The molecule has 1 heterocycles. The second-order valence-corrected chi connectivity index (χ2v) is 6.39. The molecular formula is C15H18BF4NO2. The molecule has 3 nitrogen and oxygen atoms in total. The van der Waals surface area contributed by atoms with E-state index in [-0.39, 0.29) is 18.1 Å². The Morgan fingerprint density at radius 2 is 1.48 bits per heavy atom. The van der Waals surface area contributed by atoms with Gasteiger partial charge in [0.2, 0.25) is 0 Å². The predicted molar refractivity (Wildman–Crippen MR) is 79.4 cm³/mol. The minimum Gasteiger partial charge on any atom is -0.400 e. The van der Waals surface area contributed by atoms with Crippen LogP contribution in [0, 0.1) is 23.3 Å². The van der Waals surface area contributed by atoms with Gasteiger partial charge in [-0.25, -0.2) is 17.6 Å². The molecule has 2 N–H and O–H groups in total. The Bertz CT molecular complexity index is 619. The fraction of sp³-hybridized carbons (Fsp3) is 0.467. The average molecular weight is 331 g/mol. The van der Waals surface area contributed by atoms with Crippen LogP contribution in [0.4, 0.5) is 17.6 Å². The second kappa shape index (κ2) is 5.92. The number of hydrogen-bond acceptors (Lipinski definition) is 3. The highest BCUT2D eigenvalue weighted by Gasteiger charge is 2.52. The first-order valence-corrected chi connectivity index (χ1v) is 7.09. The van der Waals surface area contributed by atoms with Crippen LogP contribution < -0.4 is 5.73 Å². The van der Waals surface area contributed by atoms with Gasteiger partial charge in [-0.2, -0.15) is 0 Å². The Morgan fingerprint density at radius 1 is 1.04 bits per heavy atom. The number of hydrogen-bond donors (Lipinski definition) is 1. The SMILES string of the molecule is CC1(C)OB(C(=Cc2c(F)c(F)cc(F)c2F)CN)OC1(C)C. The van der Waals surface area contributed by atoms with Gasteiger partial charge < -0.3 is 15.0 Å². The van der Waals surface area contributed by atoms with Crippen molar-refractivity contribution in [1.82, 2.24) is 0 Å². The summed E-state index contributed by atoms with van der Waals surface area (Å²) >= 11 is 0. The third kappa shape index (κ3) is 3.15. The quantitative estimate of drug-likeness (QED) is 0.525. The summed E-state index contributed by atoms with van der Waals surface area (Å²) in [7, 11) is -0.963. The molecule has 0 unspecified atom stereocenters. The lowest BCUT2D eigenvalue weighted by atomic mass is 9.77. The molecule has 0 radical (unpaired) electrons. The maximum absolute atomic E-state index is 13.8. The Morgan fingerprint density at radius 3 is 1.87 bits per heavy atom. The average Bonchev–Trinajstić information content (AvgIpc) is 2.65. The van der Waals surface area contributed by atoms with E-state index in [4.69, 9.17) is 15.0 Å². The van der Waals surface area contributed by atoms with E-state index in [1.54, 1.807) is 27.7 Å². The van der Waals surface area contributed by atoms with Crippen molar-refractivity contribution >= 4 is 13.2 Å². The van der Waals surface area contributed by atoms with Gasteiger partial charge in [0.1, 0.15) is 0 Å². The summed E-state index contributed by atoms with van der Waals surface area (Å²) in [5, 5.41) is 0. The zero-order chi connectivity index (χ0) is 17.6. The fourth-order valence-electron chi connectivity index (χ4n) is 2.12. The molecule has 0 amide bonds. The molecule has 0 spiro atoms. The Labute approximate surface area is 132 Å². The van der Waals surface area contributed by atoms with E-state index in [1.165, 1.54) is 0 Å². The molecule has 2 rings (SSSR count). The lowest BCUT2D eigenvalue weighted by molar-refractivity contribution is 0.00578. The van der Waals surface area contributed by atoms with Crippen LogP contribution in [0.3, 0.4) is 0 Å². The molecule has 23 heavy (non-hydrogen) atoms. The van der Waals surface area contributed by atoms with Crippen molar-refractivity contribution in [2.45, 2.75) is 38.9 Å². The first-order chi connectivity index (χ1) is 10.5. The van der Waals surface area contributed by atoms with Crippen molar-refractivity contribution in [2.75, 3.05) is 6.54 Å². The molecule has 0 atom stereocenters.